The highest BCUT2D eigenvalue weighted by Gasteiger charge is 2.35. The van der Waals surface area contributed by atoms with Crippen molar-refractivity contribution in [1.82, 2.24) is 4.90 Å². The summed E-state index contributed by atoms with van der Waals surface area (Å²) >= 11 is 1.74. The zero-order valence-corrected chi connectivity index (χ0v) is 10.8. The lowest BCUT2D eigenvalue weighted by atomic mass is 10.0. The molecule has 100 valence electrons. The molecule has 1 heterocycles. The van der Waals surface area contributed by atoms with Crippen LogP contribution in [0.15, 0.2) is 18.2 Å². The van der Waals surface area contributed by atoms with Crippen LogP contribution in [-0.4, -0.2) is 29.5 Å². The highest BCUT2D eigenvalue weighted by molar-refractivity contribution is 7.99. The molecule has 0 aliphatic carbocycles. The van der Waals surface area contributed by atoms with Gasteiger partial charge in [0.15, 0.2) is 0 Å². The number of nitrogens with two attached hydrogens (primary N) is 1. The minimum Gasteiger partial charge on any atom is -0.398 e. The first kappa shape index (κ1) is 13.5. The average Bonchev–Trinajstić information content (AvgIpc) is 2.22. The molecule has 2 nitrogen and oxygen atoms in total. The molecular formula is C12H15F3N2S. The fraction of sp³-hybridized carbons (Fsp3) is 0.500. The molecule has 1 saturated heterocycles. The molecule has 1 aromatic rings. The number of thioether (sulfide) groups is 1. The van der Waals surface area contributed by atoms with Gasteiger partial charge < -0.3 is 5.73 Å². The van der Waals surface area contributed by atoms with Crippen LogP contribution in [0, 0.1) is 0 Å². The Hall–Kier alpha value is -0.880. The number of nitrogens with zero attached hydrogens (tertiary/aromatic N) is 1. The number of hydrogen-bond acceptors (Lipinski definition) is 3. The molecule has 2 rings (SSSR count). The molecule has 1 aliphatic heterocycles. The van der Waals surface area contributed by atoms with Crippen molar-refractivity contribution >= 4 is 17.4 Å². The first-order chi connectivity index (χ1) is 8.41. The Morgan fingerprint density at radius 3 is 2.61 bits per heavy atom. The van der Waals surface area contributed by atoms with E-state index in [4.69, 9.17) is 5.73 Å². The molecule has 0 aromatic heterocycles. The van der Waals surface area contributed by atoms with E-state index in [2.05, 4.69) is 0 Å². The summed E-state index contributed by atoms with van der Waals surface area (Å²) in [4.78, 5) is 1.99. The van der Waals surface area contributed by atoms with Crippen molar-refractivity contribution in [1.29, 1.82) is 0 Å². The SMILES string of the molecule is CSC1CN(Cc2c(N)cccc2C(F)(F)F)C1. The Kier molecular flexibility index (Phi) is 3.77. The summed E-state index contributed by atoms with van der Waals surface area (Å²) in [6.45, 7) is 1.93. The lowest BCUT2D eigenvalue weighted by Gasteiger charge is -2.38. The fourth-order valence-corrected chi connectivity index (χ4v) is 2.79. The van der Waals surface area contributed by atoms with E-state index in [0.717, 1.165) is 19.2 Å². The Morgan fingerprint density at radius 2 is 2.06 bits per heavy atom. The van der Waals surface area contributed by atoms with Crippen LogP contribution in [0.2, 0.25) is 0 Å². The third-order valence-corrected chi connectivity index (χ3v) is 4.12. The van der Waals surface area contributed by atoms with Crippen molar-refractivity contribution < 1.29 is 13.2 Å². The van der Waals surface area contributed by atoms with Gasteiger partial charge in [0, 0.05) is 36.1 Å². The van der Waals surface area contributed by atoms with Crippen molar-refractivity contribution in [3.63, 3.8) is 0 Å². The lowest BCUT2D eigenvalue weighted by molar-refractivity contribution is -0.138. The van der Waals surface area contributed by atoms with Crippen LogP contribution < -0.4 is 5.73 Å². The predicted octanol–water partition coefficient (Wildman–Crippen LogP) is 2.83. The average molecular weight is 276 g/mol. The van der Waals surface area contributed by atoms with E-state index in [0.29, 0.717) is 5.25 Å². The molecule has 0 amide bonds. The summed E-state index contributed by atoms with van der Waals surface area (Å²) < 4.78 is 38.6. The van der Waals surface area contributed by atoms with Gasteiger partial charge in [0.2, 0.25) is 0 Å². The van der Waals surface area contributed by atoms with Gasteiger partial charge in [-0.25, -0.2) is 0 Å². The van der Waals surface area contributed by atoms with E-state index < -0.39 is 11.7 Å². The molecule has 0 saturated carbocycles. The van der Waals surface area contributed by atoms with Crippen molar-refractivity contribution in [3.05, 3.63) is 29.3 Å². The summed E-state index contributed by atoms with van der Waals surface area (Å²) in [5.41, 5.74) is 5.48. The van der Waals surface area contributed by atoms with E-state index in [1.165, 1.54) is 12.1 Å². The van der Waals surface area contributed by atoms with Crippen LogP contribution in [-0.2, 0) is 12.7 Å². The zero-order valence-electron chi connectivity index (χ0n) is 10.00. The first-order valence-corrected chi connectivity index (χ1v) is 6.90. The van der Waals surface area contributed by atoms with Gasteiger partial charge in [-0.15, -0.1) is 0 Å². The number of benzene rings is 1. The van der Waals surface area contributed by atoms with Gasteiger partial charge in [0.05, 0.1) is 5.56 Å². The van der Waals surface area contributed by atoms with Crippen LogP contribution in [0.25, 0.3) is 0 Å². The number of halogens is 3. The molecule has 0 atom stereocenters. The van der Waals surface area contributed by atoms with Crippen LogP contribution >= 0.6 is 11.8 Å². The number of rotatable bonds is 3. The topological polar surface area (TPSA) is 29.3 Å². The fourth-order valence-electron chi connectivity index (χ4n) is 2.07. The first-order valence-electron chi connectivity index (χ1n) is 5.61. The van der Waals surface area contributed by atoms with Gasteiger partial charge in [0.25, 0.3) is 0 Å². The summed E-state index contributed by atoms with van der Waals surface area (Å²) in [7, 11) is 0. The van der Waals surface area contributed by atoms with Crippen LogP contribution in [0.3, 0.4) is 0 Å². The second-order valence-electron chi connectivity index (χ2n) is 4.42. The number of alkyl halides is 3. The quantitative estimate of drug-likeness (QED) is 0.861. The van der Waals surface area contributed by atoms with Crippen LogP contribution in [0.4, 0.5) is 18.9 Å². The van der Waals surface area contributed by atoms with Crippen molar-refractivity contribution in [3.8, 4) is 0 Å². The standard InChI is InChI=1S/C12H15F3N2S/c1-18-8-5-17(6-8)7-9-10(12(13,14)15)3-2-4-11(9)16/h2-4,8H,5-7,16H2,1H3. The maximum Gasteiger partial charge on any atom is 0.416 e. The highest BCUT2D eigenvalue weighted by Crippen LogP contribution is 2.35. The number of likely N-dealkylation sites (tertiary alicyclic amines) is 1. The van der Waals surface area contributed by atoms with Gasteiger partial charge >= 0.3 is 6.18 Å². The van der Waals surface area contributed by atoms with Crippen molar-refractivity contribution in [2.24, 2.45) is 0 Å². The van der Waals surface area contributed by atoms with Crippen molar-refractivity contribution in [2.75, 3.05) is 25.1 Å². The second kappa shape index (κ2) is 5.01. The van der Waals surface area contributed by atoms with E-state index in [-0.39, 0.29) is 17.8 Å². The molecule has 0 unspecified atom stereocenters. The minimum absolute atomic E-state index is 0.199. The molecule has 0 spiro atoms. The molecular weight excluding hydrogens is 261 g/mol. The number of nitrogen functional groups attached to an aromatic ring is 1. The summed E-state index contributed by atoms with van der Waals surface area (Å²) in [5, 5.41) is 0.532. The Morgan fingerprint density at radius 1 is 1.39 bits per heavy atom. The largest absolute Gasteiger partial charge is 0.416 e. The predicted molar refractivity (Wildman–Crippen MR) is 68.4 cm³/mol. The molecule has 18 heavy (non-hydrogen) atoms. The summed E-state index contributed by atoms with van der Waals surface area (Å²) in [6, 6.07) is 3.97. The maximum atomic E-state index is 12.9. The maximum absolute atomic E-state index is 12.9. The highest BCUT2D eigenvalue weighted by atomic mass is 32.2. The summed E-state index contributed by atoms with van der Waals surface area (Å²) in [5.74, 6) is 0. The van der Waals surface area contributed by atoms with Gasteiger partial charge in [-0.1, -0.05) is 6.07 Å². The van der Waals surface area contributed by atoms with E-state index >= 15 is 0 Å². The molecule has 1 fully saturated rings. The molecule has 0 radical (unpaired) electrons. The monoisotopic (exact) mass is 276 g/mol. The van der Waals surface area contributed by atoms with Gasteiger partial charge in [-0.05, 0) is 18.4 Å². The van der Waals surface area contributed by atoms with Crippen LogP contribution in [0.1, 0.15) is 11.1 Å². The Bertz CT molecular complexity index is 428. The second-order valence-corrected chi connectivity index (χ2v) is 5.56. The normalized spacial score (nSPS) is 17.8. The number of hydrogen-bond donors (Lipinski definition) is 1. The van der Waals surface area contributed by atoms with E-state index in [1.807, 2.05) is 11.2 Å². The third kappa shape index (κ3) is 2.75. The Balaban J connectivity index is 2.17. The molecule has 0 bridgehead atoms. The van der Waals surface area contributed by atoms with Gasteiger partial charge in [0.1, 0.15) is 0 Å². The van der Waals surface area contributed by atoms with Crippen LogP contribution in [0.5, 0.6) is 0 Å². The molecule has 1 aromatic carbocycles. The smallest absolute Gasteiger partial charge is 0.398 e. The Labute approximate surface area is 108 Å². The van der Waals surface area contributed by atoms with E-state index in [1.54, 1.807) is 11.8 Å². The van der Waals surface area contributed by atoms with Gasteiger partial charge in [-0.2, -0.15) is 24.9 Å². The van der Waals surface area contributed by atoms with E-state index in [9.17, 15) is 13.2 Å². The van der Waals surface area contributed by atoms with Gasteiger partial charge in [-0.3, -0.25) is 4.90 Å². The summed E-state index contributed by atoms with van der Waals surface area (Å²) in [6.07, 6.45) is -2.32. The molecule has 1 aliphatic rings. The molecule has 6 heteroatoms. The zero-order chi connectivity index (χ0) is 13.3. The van der Waals surface area contributed by atoms with Crippen molar-refractivity contribution in [2.45, 2.75) is 18.0 Å². The third-order valence-electron chi connectivity index (χ3n) is 3.16. The number of anilines is 1. The minimum atomic E-state index is -4.34. The lowest BCUT2D eigenvalue weighted by Crippen LogP contribution is -2.48. The molecule has 2 N–H and O–H groups in total.